The molecule has 3 amide bonds. The number of amides is 3. The highest BCUT2D eigenvalue weighted by atomic mass is 35.5. The van der Waals surface area contributed by atoms with Gasteiger partial charge in [0.25, 0.3) is 5.91 Å². The highest BCUT2D eigenvalue weighted by Gasteiger charge is 2.30. The first-order valence-electron chi connectivity index (χ1n) is 19.1. The molecule has 4 atom stereocenters. The van der Waals surface area contributed by atoms with Gasteiger partial charge in [-0.2, -0.15) is 0 Å². The summed E-state index contributed by atoms with van der Waals surface area (Å²) in [6, 6.07) is 3.45. The quantitative estimate of drug-likeness (QED) is 0.0604. The Balaban J connectivity index is 1.19. The minimum absolute atomic E-state index is 0.0843. The number of nitrogens with two attached hydrogens (primary N) is 1. The van der Waals surface area contributed by atoms with Crippen LogP contribution in [0.3, 0.4) is 0 Å². The average Bonchev–Trinajstić information content (AvgIpc) is 3.16. The lowest BCUT2D eigenvalue weighted by Crippen LogP contribution is -2.49. The lowest BCUT2D eigenvalue weighted by Gasteiger charge is -2.37. The maximum Gasteiger partial charge on any atom is 0.255 e. The number of piperidine rings is 2. The number of likely N-dealkylation sites (tertiary alicyclic amines) is 2. The number of carbonyl (C=O) groups excluding carboxylic acids is 3. The number of unbranched alkanes of at least 4 members (excludes halogenated alkanes) is 4. The molecule has 1 aromatic carbocycles. The van der Waals surface area contributed by atoms with E-state index in [1.54, 1.807) is 12.1 Å². The molecule has 302 valence electrons. The molecule has 0 bridgehead atoms. The molecule has 1 aromatic rings. The third-order valence-electron chi connectivity index (χ3n) is 10.6. The number of halogens is 1. The first-order valence-corrected chi connectivity index (χ1v) is 19.5. The number of hydrogen-bond donors (Lipinski definition) is 8. The van der Waals surface area contributed by atoms with Gasteiger partial charge >= 0.3 is 0 Å². The third-order valence-corrected chi connectivity index (χ3v) is 10.9. The summed E-state index contributed by atoms with van der Waals surface area (Å²) in [6.45, 7) is 4.58. The fourth-order valence-corrected chi connectivity index (χ4v) is 7.13. The van der Waals surface area contributed by atoms with Crippen LogP contribution in [0.1, 0.15) is 87.4 Å². The summed E-state index contributed by atoms with van der Waals surface area (Å²) in [7, 11) is 3.42. The number of ether oxygens (including phenoxy) is 1. The maximum atomic E-state index is 12.9. The number of aliphatic hydroxyl groups excluding tert-OH is 5. The summed E-state index contributed by atoms with van der Waals surface area (Å²) in [5.41, 5.74) is 6.59. The van der Waals surface area contributed by atoms with Crippen LogP contribution >= 0.6 is 11.6 Å². The highest BCUT2D eigenvalue weighted by molar-refractivity contribution is 6.33. The van der Waals surface area contributed by atoms with E-state index in [2.05, 4.69) is 20.4 Å². The van der Waals surface area contributed by atoms with E-state index in [0.29, 0.717) is 34.9 Å². The van der Waals surface area contributed by atoms with Crippen LogP contribution in [0, 0.1) is 0 Å². The van der Waals surface area contributed by atoms with Gasteiger partial charge in [-0.05, 0) is 70.5 Å². The number of nitrogens with one attached hydrogen (secondary N) is 2. The molecular formula is C37H63ClN6O9. The van der Waals surface area contributed by atoms with Gasteiger partial charge in [-0.3, -0.25) is 14.4 Å². The van der Waals surface area contributed by atoms with Crippen LogP contribution in [-0.4, -0.2) is 161 Å². The minimum Gasteiger partial charge on any atom is -0.496 e. The second-order valence-corrected chi connectivity index (χ2v) is 14.9. The van der Waals surface area contributed by atoms with Crippen molar-refractivity contribution in [1.82, 2.24) is 25.3 Å². The number of aliphatic hydroxyl groups is 5. The lowest BCUT2D eigenvalue weighted by molar-refractivity contribution is -0.133. The molecule has 0 saturated carbocycles. The van der Waals surface area contributed by atoms with E-state index in [4.69, 9.17) is 27.2 Å². The van der Waals surface area contributed by atoms with Gasteiger partial charge in [0.05, 0.1) is 36.1 Å². The SMILES string of the molecule is COc1cc(N)c(Cl)cc1C(=O)NC1CCN(CCCCCC(=O)N(C)C2CCN(CCCCCC(=O)NC[C@H](O)[C@@H](O)[C@H](O)[C@H](O)CO)CC2)CC1. The van der Waals surface area contributed by atoms with Crippen LogP contribution in [-0.2, 0) is 9.59 Å². The molecule has 2 saturated heterocycles. The molecule has 0 aromatic heterocycles. The highest BCUT2D eigenvalue weighted by Crippen LogP contribution is 2.29. The topological polar surface area (TPSA) is 221 Å². The molecule has 0 unspecified atom stereocenters. The van der Waals surface area contributed by atoms with E-state index in [-0.39, 0.29) is 42.8 Å². The molecule has 2 aliphatic heterocycles. The zero-order valence-electron chi connectivity index (χ0n) is 31.4. The number of rotatable bonds is 22. The number of anilines is 1. The zero-order chi connectivity index (χ0) is 38.9. The van der Waals surface area contributed by atoms with Crippen molar-refractivity contribution in [1.29, 1.82) is 0 Å². The van der Waals surface area contributed by atoms with Crippen molar-refractivity contribution in [2.45, 2.75) is 114 Å². The molecule has 15 nitrogen and oxygen atoms in total. The minimum atomic E-state index is -1.72. The average molecular weight is 771 g/mol. The van der Waals surface area contributed by atoms with Gasteiger partial charge in [-0.15, -0.1) is 0 Å². The predicted octanol–water partition coefficient (Wildman–Crippen LogP) is 0.721. The van der Waals surface area contributed by atoms with Crippen molar-refractivity contribution < 1.29 is 44.7 Å². The number of nitrogen functional groups attached to an aromatic ring is 1. The molecule has 16 heteroatoms. The van der Waals surface area contributed by atoms with Crippen molar-refractivity contribution >= 4 is 35.0 Å². The van der Waals surface area contributed by atoms with Crippen LogP contribution in [0.25, 0.3) is 0 Å². The summed E-state index contributed by atoms with van der Waals surface area (Å²) in [4.78, 5) is 44.7. The first-order chi connectivity index (χ1) is 25.3. The Hall–Kier alpha value is -2.76. The van der Waals surface area contributed by atoms with Gasteiger partial charge in [0.2, 0.25) is 11.8 Å². The van der Waals surface area contributed by atoms with Crippen LogP contribution in [0.15, 0.2) is 12.1 Å². The van der Waals surface area contributed by atoms with Crippen molar-refractivity contribution in [2.75, 3.05) is 72.3 Å². The van der Waals surface area contributed by atoms with E-state index in [1.165, 1.54) is 7.11 Å². The van der Waals surface area contributed by atoms with Crippen molar-refractivity contribution in [3.05, 3.63) is 22.7 Å². The van der Waals surface area contributed by atoms with E-state index < -0.39 is 31.0 Å². The molecule has 2 heterocycles. The standard InChI is InChI=1S/C37H63ClN6O9/c1-42(26-13-19-44(20-14-26)16-7-3-5-9-33(48)40-23-30(46)35(50)36(51)31(47)24-45)34(49)10-6-4-8-15-43-17-11-25(12-18-43)41-37(52)27-21-28(38)29(39)22-32(27)53-2/h21-22,25-26,30-31,35-36,45-47,50-51H,3-20,23-24,39H2,1-2H3,(H,40,48)(H,41,52)/t30-,31+,35+,36+/m0/s1. The summed E-state index contributed by atoms with van der Waals surface area (Å²) < 4.78 is 5.32. The monoisotopic (exact) mass is 770 g/mol. The van der Waals surface area contributed by atoms with Gasteiger partial charge in [0, 0.05) is 70.8 Å². The number of benzene rings is 1. The van der Waals surface area contributed by atoms with Crippen LogP contribution < -0.4 is 21.1 Å². The number of methoxy groups -OCH3 is 1. The molecule has 0 aliphatic carbocycles. The van der Waals surface area contributed by atoms with Crippen LogP contribution in [0.4, 0.5) is 5.69 Å². The van der Waals surface area contributed by atoms with Crippen molar-refractivity contribution in [2.24, 2.45) is 0 Å². The molecule has 3 rings (SSSR count). The molecule has 2 fully saturated rings. The Morgan fingerprint density at radius 3 is 2.04 bits per heavy atom. The maximum absolute atomic E-state index is 12.9. The number of carbonyl (C=O) groups is 3. The largest absolute Gasteiger partial charge is 0.496 e. The zero-order valence-corrected chi connectivity index (χ0v) is 32.2. The second kappa shape index (κ2) is 23.2. The summed E-state index contributed by atoms with van der Waals surface area (Å²) in [5.74, 6) is 0.121. The van der Waals surface area contributed by atoms with Gasteiger partial charge in [-0.1, -0.05) is 24.4 Å². The molecule has 53 heavy (non-hydrogen) atoms. The van der Waals surface area contributed by atoms with Crippen molar-refractivity contribution in [3.63, 3.8) is 0 Å². The summed E-state index contributed by atoms with van der Waals surface area (Å²) in [5, 5.41) is 53.6. The molecular weight excluding hydrogens is 708 g/mol. The predicted molar refractivity (Wildman–Crippen MR) is 203 cm³/mol. The number of nitrogens with zero attached hydrogens (tertiary/aromatic N) is 3. The molecule has 2 aliphatic rings. The second-order valence-electron chi connectivity index (χ2n) is 14.5. The Morgan fingerprint density at radius 1 is 0.887 bits per heavy atom. The lowest BCUT2D eigenvalue weighted by atomic mass is 10.0. The Morgan fingerprint density at radius 2 is 1.45 bits per heavy atom. The van der Waals surface area contributed by atoms with E-state index in [0.717, 1.165) is 97.1 Å². The summed E-state index contributed by atoms with van der Waals surface area (Å²) in [6.07, 6.45) is 3.39. The normalized spacial score (nSPS) is 18.6. The van der Waals surface area contributed by atoms with Crippen LogP contribution in [0.2, 0.25) is 5.02 Å². The summed E-state index contributed by atoms with van der Waals surface area (Å²) >= 11 is 6.13. The van der Waals surface area contributed by atoms with Crippen molar-refractivity contribution in [3.8, 4) is 5.75 Å². The van der Waals surface area contributed by atoms with Gasteiger partial charge in [0.1, 0.15) is 24.1 Å². The Kier molecular flexibility index (Phi) is 19.6. The Labute approximate surface area is 318 Å². The van der Waals surface area contributed by atoms with Gasteiger partial charge in [-0.25, -0.2) is 0 Å². The van der Waals surface area contributed by atoms with E-state index in [9.17, 15) is 34.8 Å². The fraction of sp³-hybridized carbons (Fsp3) is 0.757. The van der Waals surface area contributed by atoms with Gasteiger partial charge < -0.3 is 61.3 Å². The Bertz CT molecular complexity index is 1280. The van der Waals surface area contributed by atoms with Crippen LogP contribution in [0.5, 0.6) is 5.75 Å². The molecule has 0 radical (unpaired) electrons. The first kappa shape index (κ1) is 44.6. The van der Waals surface area contributed by atoms with E-state index in [1.807, 2.05) is 11.9 Å². The van der Waals surface area contributed by atoms with E-state index >= 15 is 0 Å². The smallest absolute Gasteiger partial charge is 0.255 e. The molecule has 0 spiro atoms. The number of hydrogen-bond acceptors (Lipinski definition) is 12. The van der Waals surface area contributed by atoms with Gasteiger partial charge in [0.15, 0.2) is 0 Å². The fourth-order valence-electron chi connectivity index (χ4n) is 6.97. The third kappa shape index (κ3) is 14.8. The molecule has 9 N–H and O–H groups in total.